The number of fused-ring (bicyclic) bond motifs is 4. The van der Waals surface area contributed by atoms with Gasteiger partial charge in [-0.3, -0.25) is 24.4 Å². The Labute approximate surface area is 458 Å². The normalized spacial score (nSPS) is 12.4. The molecule has 1 N–H and O–H groups in total. The van der Waals surface area contributed by atoms with Gasteiger partial charge in [-0.15, -0.1) is 0 Å². The van der Waals surface area contributed by atoms with Gasteiger partial charge >= 0.3 is 0 Å². The van der Waals surface area contributed by atoms with Gasteiger partial charge in [0.2, 0.25) is 5.91 Å². The van der Waals surface area contributed by atoms with E-state index in [1.807, 2.05) is 98.9 Å². The summed E-state index contributed by atoms with van der Waals surface area (Å²) in [5, 5.41) is 5.05. The van der Waals surface area contributed by atoms with E-state index in [0.717, 1.165) is 73.0 Å². The molecule has 0 spiro atoms. The molecular formula is C67H58F2N6O4. The number of hydrogen-bond donors (Lipinski definition) is 1. The Kier molecular flexibility index (Phi) is 15.9. The van der Waals surface area contributed by atoms with Gasteiger partial charge in [-0.25, -0.2) is 8.78 Å². The van der Waals surface area contributed by atoms with Crippen LogP contribution in [0.4, 0.5) is 20.2 Å². The van der Waals surface area contributed by atoms with E-state index >= 15 is 0 Å². The van der Waals surface area contributed by atoms with Crippen molar-refractivity contribution in [2.75, 3.05) is 24.3 Å². The van der Waals surface area contributed by atoms with Crippen LogP contribution >= 0.6 is 0 Å². The fraction of sp³-hybridized carbons (Fsp3) is 0.149. The monoisotopic (exact) mass is 1050 g/mol. The smallest absolute Gasteiger partial charge is 0.258 e. The summed E-state index contributed by atoms with van der Waals surface area (Å²) < 4.78 is 33.5. The Morgan fingerprint density at radius 1 is 0.582 bits per heavy atom. The topological polar surface area (TPSA) is 108 Å². The van der Waals surface area contributed by atoms with Crippen LogP contribution < -0.4 is 15.0 Å². The van der Waals surface area contributed by atoms with Crippen molar-refractivity contribution in [1.82, 2.24) is 19.8 Å². The van der Waals surface area contributed by atoms with Crippen molar-refractivity contribution in [3.63, 3.8) is 0 Å². The van der Waals surface area contributed by atoms with Gasteiger partial charge in [0.15, 0.2) is 5.75 Å². The average Bonchev–Trinajstić information content (AvgIpc) is 4.23. The summed E-state index contributed by atoms with van der Waals surface area (Å²) in [6.45, 7) is 4.93. The lowest BCUT2D eigenvalue weighted by molar-refractivity contribution is -0.116. The maximum atomic E-state index is 14.0. The SMILES string of the molecule is CC(=O)N(C)c1c2c(c(C)c3ncccc13)C(=O)N(Cc1ccc(F)cc1)C2.CNc1c2c(c(OC(c3ccccc3)c3ccccc3)c3ncccc13)C(=O)N(Cc1ccc(F)cc1)C2.c1ccc(Cc2ccccc2)cc1. The number of aromatic nitrogens is 2. The van der Waals surface area contributed by atoms with E-state index in [9.17, 15) is 23.2 Å². The third kappa shape index (κ3) is 11.5. The molecule has 10 aromatic rings. The summed E-state index contributed by atoms with van der Waals surface area (Å²) in [5.41, 5.74) is 13.0. The van der Waals surface area contributed by atoms with Crippen molar-refractivity contribution < 1.29 is 27.9 Å². The number of halogens is 2. The van der Waals surface area contributed by atoms with Crippen LogP contribution in [0.2, 0.25) is 0 Å². The first-order chi connectivity index (χ1) is 38.5. The second-order valence-electron chi connectivity index (χ2n) is 19.6. The number of anilines is 2. The molecule has 10 nitrogen and oxygen atoms in total. The lowest BCUT2D eigenvalue weighted by Gasteiger charge is -2.23. The van der Waals surface area contributed by atoms with Gasteiger partial charge in [0.25, 0.3) is 11.8 Å². The predicted octanol–water partition coefficient (Wildman–Crippen LogP) is 13.8. The van der Waals surface area contributed by atoms with Gasteiger partial charge < -0.3 is 24.8 Å². The number of hydrogen-bond acceptors (Lipinski definition) is 7. The summed E-state index contributed by atoms with van der Waals surface area (Å²) in [7, 11) is 3.57. The predicted molar refractivity (Wildman–Crippen MR) is 308 cm³/mol. The second kappa shape index (κ2) is 23.8. The number of amides is 3. The summed E-state index contributed by atoms with van der Waals surface area (Å²) in [5.74, 6) is -0.480. The van der Waals surface area contributed by atoms with Crippen molar-refractivity contribution in [3.8, 4) is 5.75 Å². The standard InChI is InChI=1S/C32H26FN3O2.C22H20FN3O2.C13H12/c1-34-28-25-13-8-18-35-29(25)31(38-30(22-9-4-2-5-10-22)23-11-6-3-7-12-23)27-26(28)20-36(32(27)37)19-21-14-16-24(33)17-15-21;1-13-19-18(12-26(22(19)28)11-15-6-8-16(23)9-7-15)21(25(3)14(2)27)17-5-4-10-24-20(13)17;1-3-7-12(8-4-1)11-13-9-5-2-6-10-13/h2-18,30,34H,19-20H2,1H3;4-10H,11-12H2,1-3H3;1-10H,11H2. The van der Waals surface area contributed by atoms with E-state index in [0.29, 0.717) is 48.6 Å². The zero-order valence-electron chi connectivity index (χ0n) is 44.4. The summed E-state index contributed by atoms with van der Waals surface area (Å²) in [6, 6.07) is 61.1. The molecule has 0 atom stereocenters. The Bertz CT molecular complexity index is 3720. The molecule has 2 aliphatic heterocycles. The van der Waals surface area contributed by atoms with Gasteiger partial charge in [-0.2, -0.15) is 0 Å². The molecule has 12 rings (SSSR count). The van der Waals surface area contributed by atoms with Crippen LogP contribution in [0.5, 0.6) is 5.75 Å². The highest BCUT2D eigenvalue weighted by atomic mass is 19.1. The van der Waals surface area contributed by atoms with Crippen LogP contribution in [0.25, 0.3) is 21.8 Å². The Morgan fingerprint density at radius 2 is 1.04 bits per heavy atom. The first kappa shape index (κ1) is 52.9. The van der Waals surface area contributed by atoms with Crippen LogP contribution in [0.15, 0.2) is 207 Å². The van der Waals surface area contributed by atoms with Gasteiger partial charge in [-0.1, -0.05) is 146 Å². The van der Waals surface area contributed by atoms with Crippen LogP contribution in [0, 0.1) is 18.6 Å². The lowest BCUT2D eigenvalue weighted by atomic mass is 9.96. The van der Waals surface area contributed by atoms with Gasteiger partial charge in [0, 0.05) is 87.2 Å². The second-order valence-corrected chi connectivity index (χ2v) is 19.6. The molecule has 79 heavy (non-hydrogen) atoms. The summed E-state index contributed by atoms with van der Waals surface area (Å²) in [4.78, 5) is 53.5. The number of ether oxygens (including phenoxy) is 1. The lowest BCUT2D eigenvalue weighted by Crippen LogP contribution is -2.25. The van der Waals surface area contributed by atoms with Crippen molar-refractivity contribution in [3.05, 3.63) is 279 Å². The molecule has 0 bridgehead atoms. The Hall–Kier alpha value is -9.55. The Balaban J connectivity index is 0.000000149. The van der Waals surface area contributed by atoms with E-state index in [4.69, 9.17) is 4.74 Å². The zero-order valence-corrected chi connectivity index (χ0v) is 44.4. The molecule has 12 heteroatoms. The molecule has 0 fully saturated rings. The molecule has 2 aromatic heterocycles. The highest BCUT2D eigenvalue weighted by Gasteiger charge is 2.38. The van der Waals surface area contributed by atoms with Crippen LogP contribution in [-0.4, -0.2) is 51.6 Å². The van der Waals surface area contributed by atoms with Crippen molar-refractivity contribution >= 4 is 50.9 Å². The molecule has 0 saturated carbocycles. The minimum atomic E-state index is -0.439. The number of carbonyl (C=O) groups excluding carboxylic acids is 3. The molecular weight excluding hydrogens is 991 g/mol. The largest absolute Gasteiger partial charge is 0.478 e. The number of nitrogens with one attached hydrogen (secondary N) is 1. The summed E-state index contributed by atoms with van der Waals surface area (Å²) in [6.07, 6.45) is 4.00. The molecule has 3 amide bonds. The maximum Gasteiger partial charge on any atom is 0.258 e. The van der Waals surface area contributed by atoms with Crippen molar-refractivity contribution in [2.45, 2.75) is 52.6 Å². The van der Waals surface area contributed by atoms with Gasteiger partial charge in [-0.05, 0) is 101 Å². The molecule has 2 aliphatic rings. The van der Waals surface area contributed by atoms with E-state index in [2.05, 4.69) is 75.9 Å². The molecule has 0 unspecified atom stereocenters. The van der Waals surface area contributed by atoms with Crippen LogP contribution in [0.1, 0.15) is 83.8 Å². The van der Waals surface area contributed by atoms with Crippen molar-refractivity contribution in [1.29, 1.82) is 0 Å². The van der Waals surface area contributed by atoms with Crippen LogP contribution in [0.3, 0.4) is 0 Å². The molecule has 0 saturated heterocycles. The number of carbonyl (C=O) groups is 3. The molecule has 8 aromatic carbocycles. The average molecular weight is 1050 g/mol. The highest BCUT2D eigenvalue weighted by molar-refractivity contribution is 6.13. The Morgan fingerprint density at radius 3 is 1.53 bits per heavy atom. The van der Waals surface area contributed by atoms with Gasteiger partial charge in [0.05, 0.1) is 22.3 Å². The minimum absolute atomic E-state index is 0.0948. The third-order valence-corrected chi connectivity index (χ3v) is 14.4. The number of pyridine rings is 2. The number of aryl methyl sites for hydroxylation is 1. The molecule has 0 radical (unpaired) electrons. The van der Waals surface area contributed by atoms with E-state index in [1.165, 1.54) is 42.3 Å². The number of benzene rings is 8. The number of nitrogens with zero attached hydrogens (tertiary/aromatic N) is 5. The van der Waals surface area contributed by atoms with Crippen molar-refractivity contribution in [2.24, 2.45) is 0 Å². The quantitative estimate of drug-likeness (QED) is 0.130. The van der Waals surface area contributed by atoms with E-state index in [-0.39, 0.29) is 29.4 Å². The fourth-order valence-electron chi connectivity index (χ4n) is 10.5. The molecule has 4 heterocycles. The van der Waals surface area contributed by atoms with E-state index in [1.54, 1.807) is 58.4 Å². The minimum Gasteiger partial charge on any atom is -0.478 e. The molecule has 0 aliphatic carbocycles. The highest BCUT2D eigenvalue weighted by Crippen LogP contribution is 2.46. The summed E-state index contributed by atoms with van der Waals surface area (Å²) >= 11 is 0. The van der Waals surface area contributed by atoms with E-state index < -0.39 is 6.10 Å². The van der Waals surface area contributed by atoms with Crippen LogP contribution in [-0.2, 0) is 37.4 Å². The maximum absolute atomic E-state index is 14.0. The number of rotatable bonds is 12. The van der Waals surface area contributed by atoms with Gasteiger partial charge in [0.1, 0.15) is 23.3 Å². The first-order valence-corrected chi connectivity index (χ1v) is 26.1. The fourth-order valence-corrected chi connectivity index (χ4v) is 10.5. The third-order valence-electron chi connectivity index (χ3n) is 14.4. The zero-order chi connectivity index (χ0) is 55.0. The first-order valence-electron chi connectivity index (χ1n) is 26.1. The molecule has 394 valence electrons.